The van der Waals surface area contributed by atoms with Crippen molar-refractivity contribution >= 4 is 16.8 Å². The molecule has 1 unspecified atom stereocenters. The maximum Gasteiger partial charge on any atom is 0.252 e. The first-order valence-electron chi connectivity index (χ1n) is 10.3. The van der Waals surface area contributed by atoms with E-state index in [9.17, 15) is 9.18 Å². The molecular formula is C24H25FN2O3. The summed E-state index contributed by atoms with van der Waals surface area (Å²) in [5, 5.41) is 3.76. The number of hydrogen-bond donors (Lipinski definition) is 1. The van der Waals surface area contributed by atoms with Gasteiger partial charge in [0.05, 0.1) is 29.5 Å². The van der Waals surface area contributed by atoms with E-state index in [4.69, 9.17) is 9.47 Å². The topological polar surface area (TPSA) is 60.5 Å². The lowest BCUT2D eigenvalue weighted by molar-refractivity contribution is 0.0166. The number of carbonyl (C=O) groups excluding carboxylic acids is 1. The molecule has 0 bridgehead atoms. The molecular weight excluding hydrogens is 383 g/mol. The highest BCUT2D eigenvalue weighted by Gasteiger charge is 2.16. The third kappa shape index (κ3) is 5.01. The summed E-state index contributed by atoms with van der Waals surface area (Å²) in [6.07, 6.45) is 3.10. The summed E-state index contributed by atoms with van der Waals surface area (Å²) in [6, 6.07) is 15.4. The minimum atomic E-state index is -0.306. The van der Waals surface area contributed by atoms with Crippen LogP contribution in [-0.4, -0.2) is 43.4 Å². The average molecular weight is 408 g/mol. The Morgan fingerprint density at radius 2 is 2.03 bits per heavy atom. The van der Waals surface area contributed by atoms with Crippen molar-refractivity contribution in [1.29, 1.82) is 0 Å². The van der Waals surface area contributed by atoms with Gasteiger partial charge >= 0.3 is 0 Å². The molecule has 0 spiro atoms. The van der Waals surface area contributed by atoms with Gasteiger partial charge in [-0.1, -0.05) is 18.2 Å². The Morgan fingerprint density at radius 1 is 1.20 bits per heavy atom. The molecule has 30 heavy (non-hydrogen) atoms. The van der Waals surface area contributed by atoms with E-state index in [2.05, 4.69) is 10.3 Å². The van der Waals surface area contributed by atoms with Crippen molar-refractivity contribution in [2.45, 2.75) is 25.4 Å². The van der Waals surface area contributed by atoms with Gasteiger partial charge in [-0.25, -0.2) is 9.37 Å². The number of hydrogen-bond acceptors (Lipinski definition) is 4. The molecule has 1 saturated heterocycles. The minimum absolute atomic E-state index is 0.156. The molecule has 1 N–H and O–H groups in total. The summed E-state index contributed by atoms with van der Waals surface area (Å²) in [6.45, 7) is 2.54. The lowest BCUT2D eigenvalue weighted by atomic mass is 10.0. The summed E-state index contributed by atoms with van der Waals surface area (Å²) >= 11 is 0. The quantitative estimate of drug-likeness (QED) is 0.563. The van der Waals surface area contributed by atoms with Crippen LogP contribution >= 0.6 is 0 Å². The number of rotatable bonds is 8. The van der Waals surface area contributed by atoms with Crippen molar-refractivity contribution < 1.29 is 18.7 Å². The lowest BCUT2D eigenvalue weighted by Crippen LogP contribution is -2.26. The number of ether oxygens (including phenoxy) is 2. The Balaban J connectivity index is 1.41. The molecule has 156 valence electrons. The highest BCUT2D eigenvalue weighted by Crippen LogP contribution is 2.25. The van der Waals surface area contributed by atoms with Crippen LogP contribution in [0.4, 0.5) is 4.39 Å². The summed E-state index contributed by atoms with van der Waals surface area (Å²) in [7, 11) is 0. The standard InChI is InChI=1S/C24H25FN2O3/c25-18-10-8-17(9-11-18)23-15-21(20-6-1-2-7-22(20)27-23)24(28)26-12-4-13-29-16-19-5-3-14-30-19/h1-2,6-11,15,19H,3-5,12-14,16H2,(H,26,28). The normalized spacial score (nSPS) is 16.1. The lowest BCUT2D eigenvalue weighted by Gasteiger charge is -2.12. The van der Waals surface area contributed by atoms with Crippen molar-refractivity contribution in [3.05, 3.63) is 66.0 Å². The van der Waals surface area contributed by atoms with E-state index >= 15 is 0 Å². The minimum Gasteiger partial charge on any atom is -0.379 e. The van der Waals surface area contributed by atoms with Gasteiger partial charge in [0.15, 0.2) is 0 Å². The Bertz CT molecular complexity index is 1000. The molecule has 1 aromatic heterocycles. The maximum atomic E-state index is 13.3. The number of nitrogens with zero attached hydrogens (tertiary/aromatic N) is 1. The number of pyridine rings is 1. The van der Waals surface area contributed by atoms with Gasteiger partial charge in [0.25, 0.3) is 5.91 Å². The molecule has 0 saturated carbocycles. The summed E-state index contributed by atoms with van der Waals surface area (Å²) in [5.74, 6) is -0.463. The number of amides is 1. The molecule has 1 fully saturated rings. The fourth-order valence-corrected chi connectivity index (χ4v) is 3.59. The van der Waals surface area contributed by atoms with Crippen LogP contribution in [0, 0.1) is 5.82 Å². The number of carbonyl (C=O) groups is 1. The molecule has 1 amide bonds. The van der Waals surface area contributed by atoms with Gasteiger partial charge in [0, 0.05) is 30.7 Å². The number of para-hydroxylation sites is 1. The Kier molecular flexibility index (Phi) is 6.67. The fourth-order valence-electron chi connectivity index (χ4n) is 3.59. The number of benzene rings is 2. The first-order valence-corrected chi connectivity index (χ1v) is 10.3. The molecule has 1 atom stereocenters. The molecule has 0 aliphatic carbocycles. The van der Waals surface area contributed by atoms with Crippen molar-refractivity contribution in [3.63, 3.8) is 0 Å². The van der Waals surface area contributed by atoms with Crippen LogP contribution in [0.1, 0.15) is 29.6 Å². The third-order valence-electron chi connectivity index (χ3n) is 5.18. The maximum absolute atomic E-state index is 13.3. The number of halogens is 1. The van der Waals surface area contributed by atoms with Crippen LogP contribution in [0.5, 0.6) is 0 Å². The predicted molar refractivity (Wildman–Crippen MR) is 114 cm³/mol. The Labute approximate surface area is 175 Å². The van der Waals surface area contributed by atoms with Crippen molar-refractivity contribution in [2.75, 3.05) is 26.4 Å². The zero-order valence-electron chi connectivity index (χ0n) is 16.8. The first kappa shape index (κ1) is 20.4. The van der Waals surface area contributed by atoms with Gasteiger partial charge < -0.3 is 14.8 Å². The molecule has 1 aliphatic heterocycles. The molecule has 4 rings (SSSR count). The molecule has 2 aromatic carbocycles. The van der Waals surface area contributed by atoms with Crippen LogP contribution in [0.15, 0.2) is 54.6 Å². The van der Waals surface area contributed by atoms with Crippen molar-refractivity contribution in [3.8, 4) is 11.3 Å². The molecule has 0 radical (unpaired) electrons. The zero-order valence-corrected chi connectivity index (χ0v) is 16.8. The van der Waals surface area contributed by atoms with E-state index in [1.165, 1.54) is 12.1 Å². The van der Waals surface area contributed by atoms with Gasteiger partial charge in [-0.05, 0) is 55.7 Å². The van der Waals surface area contributed by atoms with Gasteiger partial charge in [0.2, 0.25) is 0 Å². The molecule has 3 aromatic rings. The van der Waals surface area contributed by atoms with Gasteiger partial charge in [-0.15, -0.1) is 0 Å². The number of aromatic nitrogens is 1. The molecule has 5 nitrogen and oxygen atoms in total. The van der Waals surface area contributed by atoms with E-state index < -0.39 is 0 Å². The van der Waals surface area contributed by atoms with Crippen LogP contribution in [0.25, 0.3) is 22.2 Å². The SMILES string of the molecule is O=C(NCCCOCC1CCCO1)c1cc(-c2ccc(F)cc2)nc2ccccc12. The van der Waals surface area contributed by atoms with Crippen LogP contribution in [0.2, 0.25) is 0 Å². The predicted octanol–water partition coefficient (Wildman–Crippen LogP) is 4.36. The average Bonchev–Trinajstić information content (AvgIpc) is 3.29. The Morgan fingerprint density at radius 3 is 2.83 bits per heavy atom. The number of nitrogens with one attached hydrogen (secondary N) is 1. The summed E-state index contributed by atoms with van der Waals surface area (Å²) < 4.78 is 24.5. The highest BCUT2D eigenvalue weighted by molar-refractivity contribution is 6.07. The largest absolute Gasteiger partial charge is 0.379 e. The third-order valence-corrected chi connectivity index (χ3v) is 5.18. The van der Waals surface area contributed by atoms with E-state index in [1.807, 2.05) is 24.3 Å². The van der Waals surface area contributed by atoms with Crippen LogP contribution in [-0.2, 0) is 9.47 Å². The van der Waals surface area contributed by atoms with Gasteiger partial charge in [0.1, 0.15) is 5.82 Å². The smallest absolute Gasteiger partial charge is 0.252 e. The number of fused-ring (bicyclic) bond motifs is 1. The first-order chi connectivity index (χ1) is 14.7. The fraction of sp³-hybridized carbons (Fsp3) is 0.333. The van der Waals surface area contributed by atoms with Gasteiger partial charge in [-0.2, -0.15) is 0 Å². The Hall–Kier alpha value is -2.83. The second-order valence-electron chi connectivity index (χ2n) is 7.40. The monoisotopic (exact) mass is 408 g/mol. The summed E-state index contributed by atoms with van der Waals surface area (Å²) in [4.78, 5) is 17.5. The summed E-state index contributed by atoms with van der Waals surface area (Å²) in [5.41, 5.74) is 2.68. The zero-order chi connectivity index (χ0) is 20.8. The second kappa shape index (κ2) is 9.78. The van der Waals surface area contributed by atoms with Crippen LogP contribution < -0.4 is 5.32 Å². The molecule has 6 heteroatoms. The van der Waals surface area contributed by atoms with E-state index in [-0.39, 0.29) is 17.8 Å². The van der Waals surface area contributed by atoms with Crippen molar-refractivity contribution in [2.24, 2.45) is 0 Å². The molecule has 1 aliphatic rings. The van der Waals surface area contributed by atoms with E-state index in [1.54, 1.807) is 18.2 Å². The van der Waals surface area contributed by atoms with Crippen molar-refractivity contribution in [1.82, 2.24) is 10.3 Å². The van der Waals surface area contributed by atoms with Crippen LogP contribution in [0.3, 0.4) is 0 Å². The van der Waals surface area contributed by atoms with Gasteiger partial charge in [-0.3, -0.25) is 4.79 Å². The van der Waals surface area contributed by atoms with E-state index in [0.29, 0.717) is 31.0 Å². The highest BCUT2D eigenvalue weighted by atomic mass is 19.1. The molecule has 2 heterocycles. The van der Waals surface area contributed by atoms with E-state index in [0.717, 1.165) is 42.3 Å². The second-order valence-corrected chi connectivity index (χ2v) is 7.40.